The third kappa shape index (κ3) is 2.14. The van der Waals surface area contributed by atoms with E-state index in [-0.39, 0.29) is 0 Å². The maximum absolute atomic E-state index is 10.9. The highest BCUT2D eigenvalue weighted by Crippen LogP contribution is 2.12. The molecule has 3 nitrogen and oxygen atoms in total. The van der Waals surface area contributed by atoms with E-state index in [0.29, 0.717) is 10.5 Å². The van der Waals surface area contributed by atoms with Gasteiger partial charge in [0.2, 0.25) is 0 Å². The Labute approximate surface area is 73.1 Å². The Balaban J connectivity index is 2.93. The van der Waals surface area contributed by atoms with Crippen molar-refractivity contribution in [2.24, 2.45) is 0 Å². The number of aliphatic hydroxyl groups excluding tert-OH is 1. The first-order valence-corrected chi connectivity index (χ1v) is 4.96. The number of hydrogen-bond acceptors (Lipinski definition) is 3. The van der Waals surface area contributed by atoms with Crippen molar-refractivity contribution in [1.82, 2.24) is 0 Å². The molecule has 1 atom stereocenters. The summed E-state index contributed by atoms with van der Waals surface area (Å²) in [4.78, 5) is 0.680. The number of rotatable bonds is 2. The van der Waals surface area contributed by atoms with Gasteiger partial charge in [-0.15, -0.1) is 0 Å². The van der Waals surface area contributed by atoms with E-state index in [4.69, 9.17) is 10.2 Å². The molecule has 0 aliphatic heterocycles. The third-order valence-corrected chi connectivity index (χ3v) is 2.45. The van der Waals surface area contributed by atoms with Crippen molar-refractivity contribution in [2.45, 2.75) is 11.2 Å². The fraction of sp³-hybridized carbons (Fsp3) is 0.250. The Hall–Kier alpha value is -0.710. The van der Waals surface area contributed by atoms with Crippen molar-refractivity contribution in [3.63, 3.8) is 0 Å². The summed E-state index contributed by atoms with van der Waals surface area (Å²) in [5, 5.41) is 17.5. The fourth-order valence-electron chi connectivity index (χ4n) is 0.832. The average molecular weight is 186 g/mol. The van der Waals surface area contributed by atoms with Gasteiger partial charge in [-0.1, -0.05) is 12.1 Å². The maximum Gasteiger partial charge on any atom is 0.178 e. The summed E-state index contributed by atoms with van der Waals surface area (Å²) in [6, 6.07) is 6.32. The Morgan fingerprint density at radius 2 is 1.75 bits per heavy atom. The summed E-state index contributed by atoms with van der Waals surface area (Å²) in [5.74, 6) is 0. The zero-order chi connectivity index (χ0) is 9.14. The zero-order valence-electron chi connectivity index (χ0n) is 6.60. The van der Waals surface area contributed by atoms with Crippen LogP contribution < -0.4 is 0 Å². The second kappa shape index (κ2) is 3.80. The van der Waals surface area contributed by atoms with E-state index in [0.717, 1.165) is 0 Å². The second-order valence-electron chi connectivity index (χ2n) is 2.40. The molecule has 4 heteroatoms. The average Bonchev–Trinajstić information content (AvgIpc) is 2.04. The summed E-state index contributed by atoms with van der Waals surface area (Å²) in [5.41, 5.74) is 0.407. The predicted octanol–water partition coefficient (Wildman–Crippen LogP) is 0.407. The highest BCUT2D eigenvalue weighted by Gasteiger charge is 2.02. The van der Waals surface area contributed by atoms with E-state index in [2.05, 4.69) is 0 Å². The summed E-state index contributed by atoms with van der Waals surface area (Å²) >= 11 is 0. The molecule has 0 saturated heterocycles. The van der Waals surface area contributed by atoms with E-state index in [1.807, 2.05) is 0 Å². The van der Waals surface area contributed by atoms with Crippen molar-refractivity contribution in [3.8, 4) is 0 Å². The largest absolute Gasteiger partial charge is 0.364 e. The van der Waals surface area contributed by atoms with Crippen LogP contribution in [0.1, 0.15) is 11.9 Å². The summed E-state index contributed by atoms with van der Waals surface area (Å²) in [7, 11) is -1.01. The highest BCUT2D eigenvalue weighted by molar-refractivity contribution is 7.84. The molecule has 0 aliphatic carbocycles. The topological polar surface area (TPSA) is 57.5 Å². The van der Waals surface area contributed by atoms with Crippen LogP contribution in [0.25, 0.3) is 0 Å². The van der Waals surface area contributed by atoms with Crippen LogP contribution in [0.5, 0.6) is 0 Å². The molecule has 0 aromatic heterocycles. The monoisotopic (exact) mass is 186 g/mol. The summed E-state index contributed by atoms with van der Waals surface area (Å²) in [6.45, 7) is 0. The first-order chi connectivity index (χ1) is 5.61. The van der Waals surface area contributed by atoms with Crippen LogP contribution >= 0.6 is 0 Å². The number of benzene rings is 1. The van der Waals surface area contributed by atoms with Crippen molar-refractivity contribution in [3.05, 3.63) is 29.8 Å². The van der Waals surface area contributed by atoms with Gasteiger partial charge < -0.3 is 10.2 Å². The third-order valence-electron chi connectivity index (χ3n) is 1.51. The summed E-state index contributed by atoms with van der Waals surface area (Å²) < 4.78 is 10.9. The molecule has 12 heavy (non-hydrogen) atoms. The molecule has 1 aromatic rings. The fourth-order valence-corrected chi connectivity index (χ4v) is 1.35. The smallest absolute Gasteiger partial charge is 0.178 e. The molecule has 1 rings (SSSR count). The van der Waals surface area contributed by atoms with Crippen molar-refractivity contribution in [1.29, 1.82) is 0 Å². The van der Waals surface area contributed by atoms with E-state index in [9.17, 15) is 4.21 Å². The van der Waals surface area contributed by atoms with Gasteiger partial charge in [-0.05, 0) is 12.1 Å². The van der Waals surface area contributed by atoms with Gasteiger partial charge in [-0.25, -0.2) is 0 Å². The lowest BCUT2D eigenvalue weighted by atomic mass is 10.2. The van der Waals surface area contributed by atoms with Crippen molar-refractivity contribution >= 4 is 10.8 Å². The van der Waals surface area contributed by atoms with Crippen LogP contribution in [-0.4, -0.2) is 20.7 Å². The minimum absolute atomic E-state index is 0.407. The molecule has 0 aliphatic rings. The van der Waals surface area contributed by atoms with Gasteiger partial charge in [0.15, 0.2) is 6.29 Å². The molecule has 0 radical (unpaired) electrons. The molecular weight excluding hydrogens is 176 g/mol. The molecule has 2 N–H and O–H groups in total. The van der Waals surface area contributed by atoms with E-state index in [1.165, 1.54) is 0 Å². The van der Waals surface area contributed by atoms with Gasteiger partial charge >= 0.3 is 0 Å². The first kappa shape index (κ1) is 9.38. The zero-order valence-corrected chi connectivity index (χ0v) is 7.41. The van der Waals surface area contributed by atoms with Crippen LogP contribution in [0.3, 0.4) is 0 Å². The number of aliphatic hydroxyl groups is 2. The molecule has 0 fully saturated rings. The molecule has 0 saturated carbocycles. The SMILES string of the molecule is CS(=O)c1ccc(C(O)O)cc1. The molecule has 0 amide bonds. The van der Waals surface area contributed by atoms with Crippen LogP contribution in [-0.2, 0) is 10.8 Å². The molecule has 0 heterocycles. The van der Waals surface area contributed by atoms with Crippen LogP contribution in [0.2, 0.25) is 0 Å². The lowest BCUT2D eigenvalue weighted by molar-refractivity contribution is -0.0425. The lowest BCUT2D eigenvalue weighted by Gasteiger charge is -2.03. The highest BCUT2D eigenvalue weighted by atomic mass is 32.2. The molecule has 0 bridgehead atoms. The molecule has 0 spiro atoms. The molecule has 1 aromatic carbocycles. The minimum Gasteiger partial charge on any atom is -0.364 e. The predicted molar refractivity (Wildman–Crippen MR) is 46.0 cm³/mol. The van der Waals surface area contributed by atoms with E-state index in [1.54, 1.807) is 30.5 Å². The van der Waals surface area contributed by atoms with Gasteiger partial charge in [0.05, 0.1) is 0 Å². The standard InChI is InChI=1S/C8H10O3S/c1-12(11)7-4-2-6(3-5-7)8(9)10/h2-5,8-10H,1H3. The van der Waals surface area contributed by atoms with Crippen LogP contribution in [0.4, 0.5) is 0 Å². The van der Waals surface area contributed by atoms with Gasteiger partial charge in [-0.2, -0.15) is 0 Å². The van der Waals surface area contributed by atoms with Gasteiger partial charge in [-0.3, -0.25) is 4.21 Å². The number of hydrogen-bond donors (Lipinski definition) is 2. The van der Waals surface area contributed by atoms with Gasteiger partial charge in [0.1, 0.15) is 0 Å². The van der Waals surface area contributed by atoms with E-state index >= 15 is 0 Å². The second-order valence-corrected chi connectivity index (χ2v) is 3.78. The Morgan fingerprint density at radius 1 is 1.25 bits per heavy atom. The van der Waals surface area contributed by atoms with E-state index < -0.39 is 17.1 Å². The lowest BCUT2D eigenvalue weighted by Crippen LogP contribution is -1.95. The first-order valence-electron chi connectivity index (χ1n) is 3.41. The van der Waals surface area contributed by atoms with Crippen LogP contribution in [0, 0.1) is 0 Å². The summed E-state index contributed by atoms with van der Waals surface area (Å²) in [6.07, 6.45) is 0.119. The van der Waals surface area contributed by atoms with Crippen molar-refractivity contribution in [2.75, 3.05) is 6.26 Å². The normalized spacial score (nSPS) is 13.3. The van der Waals surface area contributed by atoms with Gasteiger partial charge in [0, 0.05) is 27.5 Å². The molecule has 66 valence electrons. The quantitative estimate of drug-likeness (QED) is 0.658. The Morgan fingerprint density at radius 3 is 2.08 bits per heavy atom. The Kier molecular flexibility index (Phi) is 2.97. The van der Waals surface area contributed by atoms with Crippen LogP contribution in [0.15, 0.2) is 29.2 Å². The van der Waals surface area contributed by atoms with Crippen molar-refractivity contribution < 1.29 is 14.4 Å². The van der Waals surface area contributed by atoms with Gasteiger partial charge in [0.25, 0.3) is 0 Å². The molecule has 1 unspecified atom stereocenters. The minimum atomic E-state index is -1.45. The maximum atomic E-state index is 10.9. The molecular formula is C8H10O3S. The Bertz CT molecular complexity index is 279.